The Hall–Kier alpha value is -4.27. The first-order chi connectivity index (χ1) is 21.1. The van der Waals surface area contributed by atoms with E-state index in [4.69, 9.17) is 0 Å². The number of nitrogens with zero attached hydrogens (tertiary/aromatic N) is 1. The number of carbonyl (C=O) groups excluding carboxylic acids is 4. The number of amides is 4. The van der Waals surface area contributed by atoms with Crippen molar-refractivity contribution in [2.45, 2.75) is 69.8 Å². The van der Waals surface area contributed by atoms with Crippen molar-refractivity contribution in [2.24, 2.45) is 11.8 Å². The molecular weight excluding hydrogens is 607 g/mol. The van der Waals surface area contributed by atoms with Crippen molar-refractivity contribution in [1.82, 2.24) is 20.9 Å². The lowest BCUT2D eigenvalue weighted by atomic mass is 9.78. The van der Waals surface area contributed by atoms with E-state index in [1.54, 1.807) is 0 Å². The summed E-state index contributed by atoms with van der Waals surface area (Å²) in [5, 5.41) is 28.7. The topological polar surface area (TPSA) is 148 Å². The molecule has 2 aromatic carbocycles. The minimum atomic E-state index is -2.40. The van der Waals surface area contributed by atoms with E-state index >= 15 is 0 Å². The first kappa shape index (κ1) is 33.6. The summed E-state index contributed by atoms with van der Waals surface area (Å²) in [5.74, 6) is -16.9. The second-order valence-corrected chi connectivity index (χ2v) is 11.5. The maximum atomic E-state index is 14.7. The molecule has 0 radical (unpaired) electrons. The molecule has 2 aliphatic rings. The molecular formula is C30H33F5N4O6. The van der Waals surface area contributed by atoms with Crippen molar-refractivity contribution >= 4 is 23.6 Å². The standard InChI is InChI=1S/C30H33F5N4O6/c1-12-26(41)17(11-16-19(31)21(33)23(35)22(34)20(16)32)37-28(43)24(38-27(42)15-9-4-5-10-18(15)40)13(2)36-29(44)25(14-7-6-8-14)39(3)30(12)45/h4-5,9-10,12-14,17,24-26,40-41H,6-8,11H2,1-3H3,(H,36,44)(H,37,43)(H,38,42)/t12-,13-,17+,24+,25?,26+/m1/s1. The third-order valence-electron chi connectivity index (χ3n) is 8.58. The number of phenolic OH excluding ortho intramolecular Hbond substituents is 1. The molecule has 2 fully saturated rings. The van der Waals surface area contributed by atoms with Crippen LogP contribution in [0.1, 0.15) is 49.0 Å². The van der Waals surface area contributed by atoms with Gasteiger partial charge in [-0.25, -0.2) is 22.0 Å². The van der Waals surface area contributed by atoms with Crippen molar-refractivity contribution in [3.63, 3.8) is 0 Å². The van der Waals surface area contributed by atoms with Crippen LogP contribution in [0.5, 0.6) is 5.75 Å². The van der Waals surface area contributed by atoms with E-state index in [2.05, 4.69) is 16.0 Å². The molecule has 0 spiro atoms. The number of hydrogen-bond donors (Lipinski definition) is 5. The van der Waals surface area contributed by atoms with E-state index in [0.717, 1.165) is 11.3 Å². The zero-order valence-electron chi connectivity index (χ0n) is 24.5. The van der Waals surface area contributed by atoms with Gasteiger partial charge in [0.25, 0.3) is 5.91 Å². The van der Waals surface area contributed by atoms with Gasteiger partial charge in [-0.1, -0.05) is 25.5 Å². The molecule has 1 aliphatic heterocycles. The van der Waals surface area contributed by atoms with Gasteiger partial charge in [0.1, 0.15) is 17.8 Å². The fourth-order valence-corrected chi connectivity index (χ4v) is 5.69. The average Bonchev–Trinajstić information content (AvgIpc) is 2.98. The van der Waals surface area contributed by atoms with Gasteiger partial charge < -0.3 is 31.1 Å². The van der Waals surface area contributed by atoms with E-state index in [-0.39, 0.29) is 11.5 Å². The number of para-hydroxylation sites is 1. The summed E-state index contributed by atoms with van der Waals surface area (Å²) in [6.07, 6.45) is -1.13. The van der Waals surface area contributed by atoms with Crippen molar-refractivity contribution in [2.75, 3.05) is 7.05 Å². The van der Waals surface area contributed by atoms with E-state index in [1.165, 1.54) is 45.2 Å². The summed E-state index contributed by atoms with van der Waals surface area (Å²) >= 11 is 0. The predicted molar refractivity (Wildman–Crippen MR) is 148 cm³/mol. The molecule has 1 saturated heterocycles. The Morgan fingerprint density at radius 2 is 1.51 bits per heavy atom. The van der Waals surface area contributed by atoms with Crippen LogP contribution < -0.4 is 16.0 Å². The van der Waals surface area contributed by atoms with Crippen LogP contribution in [-0.2, 0) is 20.8 Å². The summed E-state index contributed by atoms with van der Waals surface area (Å²) in [4.78, 5) is 54.9. The van der Waals surface area contributed by atoms with E-state index in [9.17, 15) is 51.3 Å². The van der Waals surface area contributed by atoms with Crippen LogP contribution in [0.3, 0.4) is 0 Å². The van der Waals surface area contributed by atoms with Crippen LogP contribution in [0.2, 0.25) is 0 Å². The summed E-state index contributed by atoms with van der Waals surface area (Å²) in [6, 6.07) is -0.369. The Morgan fingerprint density at radius 3 is 2.07 bits per heavy atom. The summed E-state index contributed by atoms with van der Waals surface area (Å²) in [5.41, 5.74) is -1.58. The highest BCUT2D eigenvalue weighted by molar-refractivity contribution is 6.00. The SMILES string of the molecule is C[C@H]1NC(=O)C(C2CCC2)N(C)C(=O)[C@H](C)[C@H](O)[C@H](Cc2c(F)c(F)c(F)c(F)c2F)NC(=O)[C@H]1NC(=O)c1ccccc1O. The van der Waals surface area contributed by atoms with Gasteiger partial charge in [-0.3, -0.25) is 19.2 Å². The highest BCUT2D eigenvalue weighted by atomic mass is 19.2. The van der Waals surface area contributed by atoms with Crippen molar-refractivity contribution in [3.05, 3.63) is 64.5 Å². The third kappa shape index (κ3) is 6.58. The average molecular weight is 641 g/mol. The van der Waals surface area contributed by atoms with Gasteiger partial charge in [0, 0.05) is 19.0 Å². The smallest absolute Gasteiger partial charge is 0.255 e. The third-order valence-corrected chi connectivity index (χ3v) is 8.58. The second kappa shape index (κ2) is 13.4. The number of nitrogens with one attached hydrogen (secondary N) is 3. The molecule has 15 heteroatoms. The molecule has 10 nitrogen and oxygen atoms in total. The molecule has 1 unspecified atom stereocenters. The van der Waals surface area contributed by atoms with Crippen LogP contribution in [0.4, 0.5) is 22.0 Å². The molecule has 244 valence electrons. The van der Waals surface area contributed by atoms with E-state index in [0.29, 0.717) is 12.8 Å². The maximum absolute atomic E-state index is 14.7. The van der Waals surface area contributed by atoms with Crippen LogP contribution >= 0.6 is 0 Å². The first-order valence-corrected chi connectivity index (χ1v) is 14.3. The van der Waals surface area contributed by atoms with Gasteiger partial charge in [-0.2, -0.15) is 0 Å². The fraction of sp³-hybridized carbons (Fsp3) is 0.467. The normalized spacial score (nSPS) is 26.7. The molecule has 0 aromatic heterocycles. The molecule has 0 bridgehead atoms. The molecule has 2 aromatic rings. The monoisotopic (exact) mass is 640 g/mol. The molecule has 1 aliphatic carbocycles. The largest absolute Gasteiger partial charge is 0.507 e. The Morgan fingerprint density at radius 1 is 0.933 bits per heavy atom. The Labute approximate surface area is 255 Å². The Balaban J connectivity index is 1.78. The molecule has 5 N–H and O–H groups in total. The van der Waals surface area contributed by atoms with Gasteiger partial charge in [0.15, 0.2) is 23.3 Å². The molecule has 1 heterocycles. The highest BCUT2D eigenvalue weighted by Gasteiger charge is 2.44. The van der Waals surface area contributed by atoms with Crippen LogP contribution in [-0.4, -0.2) is 76.1 Å². The van der Waals surface area contributed by atoms with Crippen molar-refractivity contribution < 1.29 is 51.3 Å². The quantitative estimate of drug-likeness (QED) is 0.192. The summed E-state index contributed by atoms with van der Waals surface area (Å²) < 4.78 is 71.3. The number of aliphatic hydroxyl groups is 1. The van der Waals surface area contributed by atoms with Crippen LogP contribution in [0.25, 0.3) is 0 Å². The number of halogens is 5. The molecule has 4 rings (SSSR count). The van der Waals surface area contributed by atoms with Gasteiger partial charge in [-0.15, -0.1) is 0 Å². The lowest BCUT2D eigenvalue weighted by molar-refractivity contribution is -0.149. The minimum absolute atomic E-state index is 0.237. The van der Waals surface area contributed by atoms with Crippen molar-refractivity contribution in [1.29, 1.82) is 0 Å². The number of hydrogen-bond acceptors (Lipinski definition) is 6. The number of phenols is 1. The van der Waals surface area contributed by atoms with Gasteiger partial charge in [0.05, 0.1) is 29.7 Å². The van der Waals surface area contributed by atoms with Crippen LogP contribution in [0, 0.1) is 40.9 Å². The van der Waals surface area contributed by atoms with Gasteiger partial charge in [0.2, 0.25) is 23.5 Å². The van der Waals surface area contributed by atoms with Crippen molar-refractivity contribution in [3.8, 4) is 5.75 Å². The Bertz CT molecular complexity index is 1480. The van der Waals surface area contributed by atoms with Crippen LogP contribution in [0.15, 0.2) is 24.3 Å². The highest BCUT2D eigenvalue weighted by Crippen LogP contribution is 2.33. The lowest BCUT2D eigenvalue weighted by Gasteiger charge is -2.41. The predicted octanol–water partition coefficient (Wildman–Crippen LogP) is 2.06. The van der Waals surface area contributed by atoms with Gasteiger partial charge in [-0.05, 0) is 37.8 Å². The minimum Gasteiger partial charge on any atom is -0.507 e. The summed E-state index contributed by atoms with van der Waals surface area (Å²) in [7, 11) is 1.33. The molecule has 4 amide bonds. The molecule has 6 atom stereocenters. The molecule has 1 saturated carbocycles. The lowest BCUT2D eigenvalue weighted by Crippen LogP contribution is -2.65. The number of aromatic hydroxyl groups is 1. The molecule has 45 heavy (non-hydrogen) atoms. The second-order valence-electron chi connectivity index (χ2n) is 11.5. The number of rotatable bonds is 5. The maximum Gasteiger partial charge on any atom is 0.255 e. The zero-order valence-corrected chi connectivity index (χ0v) is 24.5. The number of carbonyl (C=O) groups is 4. The Kier molecular flexibility index (Phi) is 10.00. The number of benzene rings is 2. The van der Waals surface area contributed by atoms with E-state index in [1.807, 2.05) is 0 Å². The summed E-state index contributed by atoms with van der Waals surface area (Å²) in [6.45, 7) is 2.58. The number of likely N-dealkylation sites (N-methyl/N-ethyl adjacent to an activating group) is 1. The van der Waals surface area contributed by atoms with E-state index < -0.39 is 107 Å². The number of aliphatic hydroxyl groups excluding tert-OH is 1. The fourth-order valence-electron chi connectivity index (χ4n) is 5.69. The first-order valence-electron chi connectivity index (χ1n) is 14.3. The zero-order chi connectivity index (χ0) is 33.3. The van der Waals surface area contributed by atoms with Gasteiger partial charge >= 0.3 is 0 Å².